The van der Waals surface area contributed by atoms with E-state index in [1.54, 1.807) is 36.3 Å². The van der Waals surface area contributed by atoms with Crippen molar-refractivity contribution in [3.63, 3.8) is 0 Å². The Bertz CT molecular complexity index is 1170. The van der Waals surface area contributed by atoms with Gasteiger partial charge in [-0.3, -0.25) is 14.3 Å². The van der Waals surface area contributed by atoms with Crippen LogP contribution in [0.5, 0.6) is 5.75 Å². The van der Waals surface area contributed by atoms with Gasteiger partial charge in [-0.1, -0.05) is 6.07 Å². The molecule has 1 saturated heterocycles. The molecule has 0 atom stereocenters. The van der Waals surface area contributed by atoms with Gasteiger partial charge in [-0.2, -0.15) is 5.10 Å². The Labute approximate surface area is 183 Å². The second-order valence-electron chi connectivity index (χ2n) is 7.21. The van der Waals surface area contributed by atoms with E-state index in [0.717, 1.165) is 0 Å². The summed E-state index contributed by atoms with van der Waals surface area (Å²) in [5, 5.41) is 15.5. The monoisotopic (exact) mass is 438 g/mol. The molecule has 3 heterocycles. The molecule has 0 unspecified atom stereocenters. The molecule has 2 aromatic heterocycles. The zero-order valence-corrected chi connectivity index (χ0v) is 17.8. The lowest BCUT2D eigenvalue weighted by Crippen LogP contribution is -2.47. The molecule has 1 amide bonds. The van der Waals surface area contributed by atoms with Crippen LogP contribution in [0.4, 0.5) is 17.2 Å². The summed E-state index contributed by atoms with van der Waals surface area (Å²) in [6.07, 6.45) is 1.58. The summed E-state index contributed by atoms with van der Waals surface area (Å²) < 4.78 is 12.4. The summed E-state index contributed by atoms with van der Waals surface area (Å²) in [5.74, 6) is -0.657. The molecule has 12 nitrogen and oxygen atoms in total. The third kappa shape index (κ3) is 3.95. The number of benzene rings is 1. The van der Waals surface area contributed by atoms with Crippen molar-refractivity contribution in [3.8, 4) is 17.1 Å². The number of nitrogens with two attached hydrogens (primary N) is 1. The molecule has 3 N–H and O–H groups in total. The number of hydrogen-bond acceptors (Lipinski definition) is 10. The molecular weight excluding hydrogens is 416 g/mol. The Morgan fingerprint density at radius 2 is 2.06 bits per heavy atom. The van der Waals surface area contributed by atoms with E-state index >= 15 is 0 Å². The minimum atomic E-state index is -1.13. The third-order valence-corrected chi connectivity index (χ3v) is 5.08. The lowest BCUT2D eigenvalue weighted by atomic mass is 10.1. The SMILES string of the molecule is COc1c(Nc2cc(N(C)C3COC3)nnc2C(=O)C(N)=O)cccc1-c1ncn(C)n1. The fraction of sp³-hybridized carbons (Fsp3) is 0.300. The van der Waals surface area contributed by atoms with E-state index in [1.165, 1.54) is 7.11 Å². The van der Waals surface area contributed by atoms with Gasteiger partial charge >= 0.3 is 0 Å². The van der Waals surface area contributed by atoms with E-state index in [2.05, 4.69) is 25.6 Å². The van der Waals surface area contributed by atoms with Gasteiger partial charge in [0.1, 0.15) is 6.33 Å². The molecule has 3 aromatic rings. The number of aromatic nitrogens is 5. The minimum Gasteiger partial charge on any atom is -0.494 e. The molecule has 12 heteroatoms. The number of ether oxygens (including phenoxy) is 2. The summed E-state index contributed by atoms with van der Waals surface area (Å²) in [4.78, 5) is 30.1. The van der Waals surface area contributed by atoms with Gasteiger partial charge in [0.25, 0.3) is 11.7 Å². The second-order valence-corrected chi connectivity index (χ2v) is 7.21. The number of para-hydroxylation sites is 1. The number of nitrogens with zero attached hydrogens (tertiary/aromatic N) is 6. The number of ketones is 1. The van der Waals surface area contributed by atoms with Crippen LogP contribution >= 0.6 is 0 Å². The number of Topliss-reactive ketones (excluding diaryl/α,β-unsaturated/α-hetero) is 1. The molecule has 4 rings (SSSR count). The predicted molar refractivity (Wildman–Crippen MR) is 115 cm³/mol. The Morgan fingerprint density at radius 3 is 2.66 bits per heavy atom. The number of likely N-dealkylation sites (N-methyl/N-ethyl adjacent to an activating group) is 1. The number of nitrogens with one attached hydrogen (secondary N) is 1. The molecule has 32 heavy (non-hydrogen) atoms. The number of anilines is 3. The van der Waals surface area contributed by atoms with Crippen molar-refractivity contribution in [2.24, 2.45) is 12.8 Å². The van der Waals surface area contributed by atoms with Crippen molar-refractivity contribution in [3.05, 3.63) is 36.3 Å². The quantitative estimate of drug-likeness (QED) is 0.376. The van der Waals surface area contributed by atoms with E-state index in [0.29, 0.717) is 41.9 Å². The first kappa shape index (κ1) is 21.2. The molecule has 1 aliphatic rings. The van der Waals surface area contributed by atoms with Crippen LogP contribution in [0.15, 0.2) is 30.6 Å². The first-order chi connectivity index (χ1) is 15.4. The van der Waals surface area contributed by atoms with Crippen LogP contribution < -0.4 is 20.7 Å². The van der Waals surface area contributed by atoms with Gasteiger partial charge in [-0.15, -0.1) is 10.2 Å². The largest absolute Gasteiger partial charge is 0.494 e. The van der Waals surface area contributed by atoms with Gasteiger partial charge in [0, 0.05) is 20.2 Å². The number of hydrogen-bond donors (Lipinski definition) is 2. The summed E-state index contributed by atoms with van der Waals surface area (Å²) in [6, 6.07) is 7.14. The fourth-order valence-electron chi connectivity index (χ4n) is 3.21. The molecular formula is C20H22N8O4. The predicted octanol–water partition coefficient (Wildman–Crippen LogP) is 0.527. The highest BCUT2D eigenvalue weighted by Gasteiger charge is 2.27. The molecule has 166 valence electrons. The number of primary amides is 1. The molecule has 0 spiro atoms. The number of carbonyl (C=O) groups excluding carboxylic acids is 2. The van der Waals surface area contributed by atoms with E-state index in [4.69, 9.17) is 15.2 Å². The highest BCUT2D eigenvalue weighted by atomic mass is 16.5. The highest BCUT2D eigenvalue weighted by Crippen LogP contribution is 2.37. The van der Waals surface area contributed by atoms with Gasteiger partial charge in [0.15, 0.2) is 23.1 Å². The van der Waals surface area contributed by atoms with Gasteiger partial charge in [0.05, 0.1) is 43.3 Å². The van der Waals surface area contributed by atoms with Gasteiger partial charge in [0.2, 0.25) is 0 Å². The van der Waals surface area contributed by atoms with Gasteiger partial charge < -0.3 is 25.4 Å². The Morgan fingerprint density at radius 1 is 1.28 bits per heavy atom. The van der Waals surface area contributed by atoms with Gasteiger partial charge in [-0.25, -0.2) is 4.98 Å². The Hall–Kier alpha value is -4.06. The van der Waals surface area contributed by atoms with E-state index in [-0.39, 0.29) is 17.4 Å². The summed E-state index contributed by atoms with van der Waals surface area (Å²) in [6.45, 7) is 1.13. The maximum absolute atomic E-state index is 12.4. The van der Waals surface area contributed by atoms with Crippen LogP contribution in [0.1, 0.15) is 10.5 Å². The second kappa shape index (κ2) is 8.59. The van der Waals surface area contributed by atoms with Crippen LogP contribution in [0.25, 0.3) is 11.4 Å². The number of amides is 1. The highest BCUT2D eigenvalue weighted by molar-refractivity contribution is 6.42. The first-order valence-corrected chi connectivity index (χ1v) is 9.71. The first-order valence-electron chi connectivity index (χ1n) is 9.71. The molecule has 0 aliphatic carbocycles. The number of methoxy groups -OCH3 is 1. The van der Waals surface area contributed by atoms with Crippen molar-refractivity contribution in [1.29, 1.82) is 0 Å². The molecule has 1 fully saturated rings. The van der Waals surface area contributed by atoms with Crippen LogP contribution in [-0.4, -0.2) is 70.1 Å². The molecule has 0 radical (unpaired) electrons. The topological polar surface area (TPSA) is 150 Å². The van der Waals surface area contributed by atoms with Crippen molar-refractivity contribution in [2.75, 3.05) is 37.6 Å². The Kier molecular flexibility index (Phi) is 5.69. The summed E-state index contributed by atoms with van der Waals surface area (Å²) >= 11 is 0. The normalized spacial score (nSPS) is 13.3. The van der Waals surface area contributed by atoms with Crippen LogP contribution in [0, 0.1) is 0 Å². The smallest absolute Gasteiger partial charge is 0.291 e. The van der Waals surface area contributed by atoms with Crippen molar-refractivity contribution >= 4 is 28.9 Å². The zero-order chi connectivity index (χ0) is 22.8. The lowest BCUT2D eigenvalue weighted by molar-refractivity contribution is -0.114. The van der Waals surface area contributed by atoms with E-state index in [9.17, 15) is 9.59 Å². The lowest BCUT2D eigenvalue weighted by Gasteiger charge is -2.35. The Balaban J connectivity index is 1.76. The molecule has 0 bridgehead atoms. The number of carbonyl (C=O) groups is 2. The van der Waals surface area contributed by atoms with Crippen LogP contribution in [0.3, 0.4) is 0 Å². The van der Waals surface area contributed by atoms with Crippen molar-refractivity contribution < 1.29 is 19.1 Å². The number of rotatable bonds is 8. The minimum absolute atomic E-state index is 0.142. The molecule has 1 aliphatic heterocycles. The third-order valence-electron chi connectivity index (χ3n) is 5.08. The maximum atomic E-state index is 12.4. The maximum Gasteiger partial charge on any atom is 0.291 e. The summed E-state index contributed by atoms with van der Waals surface area (Å²) in [5.41, 5.74) is 6.44. The van der Waals surface area contributed by atoms with Gasteiger partial charge in [-0.05, 0) is 12.1 Å². The van der Waals surface area contributed by atoms with Crippen LogP contribution in [0.2, 0.25) is 0 Å². The average Bonchev–Trinajstić information content (AvgIpc) is 3.17. The van der Waals surface area contributed by atoms with Crippen molar-refractivity contribution in [1.82, 2.24) is 25.0 Å². The van der Waals surface area contributed by atoms with E-state index in [1.807, 2.05) is 18.0 Å². The summed E-state index contributed by atoms with van der Waals surface area (Å²) in [7, 11) is 5.13. The van der Waals surface area contributed by atoms with Crippen molar-refractivity contribution in [2.45, 2.75) is 6.04 Å². The average molecular weight is 438 g/mol. The molecule has 0 saturated carbocycles. The van der Waals surface area contributed by atoms with Crippen LogP contribution in [-0.2, 0) is 16.6 Å². The van der Waals surface area contributed by atoms with E-state index < -0.39 is 11.7 Å². The zero-order valence-electron chi connectivity index (χ0n) is 17.8. The standard InChI is InChI=1S/C20H22N8O4/c1-27-10-22-20(26-27)12-5-4-6-13(18(12)31-3)23-14-7-15(28(2)11-8-32-9-11)24-25-16(14)17(29)19(21)30/h4-7,10-11H,8-9H2,1-3H3,(H2,21,30)(H,23,24). The molecule has 1 aromatic carbocycles. The fourth-order valence-corrected chi connectivity index (χ4v) is 3.21. The number of aryl methyl sites for hydroxylation is 1.